The van der Waals surface area contributed by atoms with Crippen LogP contribution in [0.15, 0.2) is 59.1 Å². The Morgan fingerprint density at radius 2 is 1.89 bits per heavy atom. The molecule has 0 fully saturated rings. The van der Waals surface area contributed by atoms with Crippen LogP contribution in [-0.4, -0.2) is 17.9 Å². The number of rotatable bonds is 7. The van der Waals surface area contributed by atoms with Crippen LogP contribution in [0.25, 0.3) is 0 Å². The summed E-state index contributed by atoms with van der Waals surface area (Å²) in [5.74, 6) is 1.96. The number of aromatic nitrogens is 1. The minimum Gasteiger partial charge on any atom is -0.454 e. The summed E-state index contributed by atoms with van der Waals surface area (Å²) in [6.45, 7) is 2.57. The Labute approximate surface area is 163 Å². The minimum absolute atomic E-state index is 0.0547. The normalized spacial score (nSPS) is 13.3. The zero-order valence-electron chi connectivity index (χ0n) is 15.7. The lowest BCUT2D eigenvalue weighted by molar-refractivity contribution is -0.121. The first-order valence-corrected chi connectivity index (χ1v) is 9.38. The number of ether oxygens (including phenoxy) is 2. The summed E-state index contributed by atoms with van der Waals surface area (Å²) in [4.78, 5) is 12.7. The molecule has 3 aromatic rings. The van der Waals surface area contributed by atoms with E-state index in [1.165, 1.54) is 0 Å². The van der Waals surface area contributed by atoms with E-state index < -0.39 is 0 Å². The van der Waals surface area contributed by atoms with E-state index in [0.29, 0.717) is 24.5 Å². The van der Waals surface area contributed by atoms with Crippen LogP contribution in [0.3, 0.4) is 0 Å². The molecule has 0 radical (unpaired) electrons. The summed E-state index contributed by atoms with van der Waals surface area (Å²) < 4.78 is 16.1. The van der Waals surface area contributed by atoms with Gasteiger partial charge in [-0.05, 0) is 29.7 Å². The fourth-order valence-electron chi connectivity index (χ4n) is 3.29. The van der Waals surface area contributed by atoms with Crippen molar-refractivity contribution >= 4 is 5.91 Å². The predicted octanol–water partition coefficient (Wildman–Crippen LogP) is 3.80. The molecule has 6 heteroatoms. The Bertz CT molecular complexity index is 952. The van der Waals surface area contributed by atoms with Gasteiger partial charge in [-0.3, -0.25) is 4.79 Å². The molecule has 6 nitrogen and oxygen atoms in total. The maximum atomic E-state index is 12.7. The number of amides is 1. The molecule has 1 atom stereocenters. The Kier molecular flexibility index (Phi) is 5.28. The number of carbonyl (C=O) groups excluding carboxylic acids is 1. The molecule has 4 rings (SSSR count). The van der Waals surface area contributed by atoms with Gasteiger partial charge in [0.25, 0.3) is 0 Å². The Hall–Kier alpha value is -3.28. The van der Waals surface area contributed by atoms with Crippen molar-refractivity contribution in [3.05, 3.63) is 77.2 Å². The first-order chi connectivity index (χ1) is 13.7. The number of aryl methyl sites for hydroxylation is 1. The zero-order valence-corrected chi connectivity index (χ0v) is 15.7. The van der Waals surface area contributed by atoms with Crippen LogP contribution in [0.5, 0.6) is 11.5 Å². The third-order valence-corrected chi connectivity index (χ3v) is 4.82. The van der Waals surface area contributed by atoms with Crippen LogP contribution in [0.4, 0.5) is 0 Å². The van der Waals surface area contributed by atoms with Gasteiger partial charge in [0.1, 0.15) is 0 Å². The summed E-state index contributed by atoms with van der Waals surface area (Å²) in [5, 5.41) is 6.88. The smallest absolute Gasteiger partial charge is 0.231 e. The van der Waals surface area contributed by atoms with Gasteiger partial charge in [0, 0.05) is 18.4 Å². The Morgan fingerprint density at radius 3 is 2.68 bits per heavy atom. The molecule has 1 N–H and O–H groups in total. The highest BCUT2D eigenvalue weighted by molar-refractivity contribution is 5.77. The number of nitrogens with zero attached hydrogens (tertiary/aromatic N) is 1. The molecule has 2 heterocycles. The average Bonchev–Trinajstić information content (AvgIpc) is 3.39. The van der Waals surface area contributed by atoms with E-state index in [9.17, 15) is 4.79 Å². The number of fused-ring (bicyclic) bond motifs is 1. The molecule has 144 valence electrons. The van der Waals surface area contributed by atoms with E-state index in [4.69, 9.17) is 14.0 Å². The largest absolute Gasteiger partial charge is 0.454 e. The molecule has 0 bridgehead atoms. The molecule has 0 saturated heterocycles. The lowest BCUT2D eigenvalue weighted by Crippen LogP contribution is -2.24. The standard InChI is InChI=1S/C22H22N2O4/c1-2-17-11-18(28-24-17)13-23-22(25)12-19(15-6-4-3-5-7-15)16-8-9-20-21(10-16)27-14-26-20/h3-11,19H,2,12-14H2,1H3,(H,23,25)/t19-/m0/s1. The highest BCUT2D eigenvalue weighted by atomic mass is 16.7. The highest BCUT2D eigenvalue weighted by Crippen LogP contribution is 2.37. The fourth-order valence-corrected chi connectivity index (χ4v) is 3.29. The van der Waals surface area contributed by atoms with Crippen molar-refractivity contribution in [3.63, 3.8) is 0 Å². The summed E-state index contributed by atoms with van der Waals surface area (Å²) in [5.41, 5.74) is 2.97. The quantitative estimate of drug-likeness (QED) is 0.677. The molecule has 0 unspecified atom stereocenters. The van der Waals surface area contributed by atoms with Crippen molar-refractivity contribution in [3.8, 4) is 11.5 Å². The third kappa shape index (κ3) is 4.01. The summed E-state index contributed by atoms with van der Waals surface area (Å²) in [6, 6.07) is 17.7. The average molecular weight is 378 g/mol. The van der Waals surface area contributed by atoms with Crippen LogP contribution in [-0.2, 0) is 17.8 Å². The molecule has 0 aliphatic carbocycles. The Balaban J connectivity index is 1.50. The number of hydrogen-bond donors (Lipinski definition) is 1. The van der Waals surface area contributed by atoms with E-state index in [1.54, 1.807) is 0 Å². The van der Waals surface area contributed by atoms with Crippen LogP contribution in [0, 0.1) is 0 Å². The second kappa shape index (κ2) is 8.17. The van der Waals surface area contributed by atoms with Crippen molar-refractivity contribution in [1.29, 1.82) is 0 Å². The topological polar surface area (TPSA) is 73.6 Å². The van der Waals surface area contributed by atoms with E-state index in [1.807, 2.05) is 61.5 Å². The lowest BCUT2D eigenvalue weighted by atomic mass is 9.88. The van der Waals surface area contributed by atoms with Gasteiger partial charge >= 0.3 is 0 Å². The number of nitrogens with one attached hydrogen (secondary N) is 1. The zero-order chi connectivity index (χ0) is 19.3. The van der Waals surface area contributed by atoms with Crippen molar-refractivity contribution in [2.45, 2.75) is 32.2 Å². The van der Waals surface area contributed by atoms with Crippen molar-refractivity contribution in [1.82, 2.24) is 10.5 Å². The van der Waals surface area contributed by atoms with Gasteiger partial charge in [-0.1, -0.05) is 48.5 Å². The number of carbonyl (C=O) groups is 1. The first kappa shape index (κ1) is 18.1. The SMILES string of the molecule is CCc1cc(CNC(=O)C[C@@H](c2ccccc2)c2ccc3c(c2)OCO3)on1. The molecule has 0 saturated carbocycles. The molecule has 1 aliphatic heterocycles. The lowest BCUT2D eigenvalue weighted by Gasteiger charge is -2.18. The molecule has 1 aromatic heterocycles. The second-order valence-corrected chi connectivity index (χ2v) is 6.69. The summed E-state index contributed by atoms with van der Waals surface area (Å²) in [7, 11) is 0. The first-order valence-electron chi connectivity index (χ1n) is 9.38. The van der Waals surface area contributed by atoms with Crippen LogP contribution < -0.4 is 14.8 Å². The van der Waals surface area contributed by atoms with Crippen LogP contribution in [0.1, 0.15) is 41.8 Å². The minimum atomic E-state index is -0.0865. The van der Waals surface area contributed by atoms with Crippen molar-refractivity contribution < 1.29 is 18.8 Å². The molecule has 28 heavy (non-hydrogen) atoms. The molecule has 0 spiro atoms. The van der Waals surface area contributed by atoms with Gasteiger partial charge in [0.2, 0.25) is 12.7 Å². The van der Waals surface area contributed by atoms with E-state index in [2.05, 4.69) is 10.5 Å². The summed E-state index contributed by atoms with van der Waals surface area (Å²) in [6.07, 6.45) is 1.12. The molecule has 2 aromatic carbocycles. The van der Waals surface area contributed by atoms with E-state index in [-0.39, 0.29) is 18.6 Å². The molecular formula is C22H22N2O4. The van der Waals surface area contributed by atoms with Crippen molar-refractivity contribution in [2.24, 2.45) is 0 Å². The van der Waals surface area contributed by atoms with Gasteiger partial charge in [0.15, 0.2) is 17.3 Å². The molecule has 1 amide bonds. The highest BCUT2D eigenvalue weighted by Gasteiger charge is 2.22. The maximum Gasteiger partial charge on any atom is 0.231 e. The maximum absolute atomic E-state index is 12.7. The van der Waals surface area contributed by atoms with Crippen LogP contribution >= 0.6 is 0 Å². The van der Waals surface area contributed by atoms with Gasteiger partial charge < -0.3 is 19.3 Å². The third-order valence-electron chi connectivity index (χ3n) is 4.82. The Morgan fingerprint density at radius 1 is 1.07 bits per heavy atom. The van der Waals surface area contributed by atoms with Gasteiger partial charge in [0.05, 0.1) is 12.2 Å². The van der Waals surface area contributed by atoms with Crippen molar-refractivity contribution in [2.75, 3.05) is 6.79 Å². The predicted molar refractivity (Wildman–Crippen MR) is 103 cm³/mol. The second-order valence-electron chi connectivity index (χ2n) is 6.69. The van der Waals surface area contributed by atoms with E-state index in [0.717, 1.165) is 29.0 Å². The summed E-state index contributed by atoms with van der Waals surface area (Å²) >= 11 is 0. The molecule has 1 aliphatic rings. The monoisotopic (exact) mass is 378 g/mol. The van der Waals surface area contributed by atoms with Gasteiger partial charge in [-0.2, -0.15) is 0 Å². The van der Waals surface area contributed by atoms with Gasteiger partial charge in [-0.15, -0.1) is 0 Å². The molecular weight excluding hydrogens is 356 g/mol. The van der Waals surface area contributed by atoms with Crippen LogP contribution in [0.2, 0.25) is 0 Å². The number of benzene rings is 2. The number of hydrogen-bond acceptors (Lipinski definition) is 5. The fraction of sp³-hybridized carbons (Fsp3) is 0.273. The van der Waals surface area contributed by atoms with E-state index >= 15 is 0 Å². The van der Waals surface area contributed by atoms with Gasteiger partial charge in [-0.25, -0.2) is 0 Å².